The van der Waals surface area contributed by atoms with Crippen LogP contribution >= 0.6 is 12.2 Å². The molecule has 0 aromatic carbocycles. The van der Waals surface area contributed by atoms with Crippen molar-refractivity contribution < 1.29 is 0 Å². The van der Waals surface area contributed by atoms with Gasteiger partial charge in [-0.1, -0.05) is 6.92 Å². The van der Waals surface area contributed by atoms with E-state index in [1.165, 1.54) is 31.5 Å². The Labute approximate surface area is 124 Å². The van der Waals surface area contributed by atoms with E-state index in [1.54, 1.807) is 0 Å². The van der Waals surface area contributed by atoms with Crippen molar-refractivity contribution in [1.82, 2.24) is 19.4 Å². The lowest BCUT2D eigenvalue weighted by Crippen LogP contribution is -2.38. The number of hydrogen-bond acceptors (Lipinski definition) is 3. The summed E-state index contributed by atoms with van der Waals surface area (Å²) in [5.41, 5.74) is 3.59. The van der Waals surface area contributed by atoms with Crippen LogP contribution in [0, 0.1) is 17.1 Å². The summed E-state index contributed by atoms with van der Waals surface area (Å²) < 4.78 is 2.98. The molecule has 0 aliphatic carbocycles. The average molecular weight is 290 g/mol. The molecule has 1 saturated heterocycles. The molecule has 1 aliphatic rings. The fraction of sp³-hybridized carbons (Fsp3) is 0.600. The molecule has 0 spiro atoms. The second kappa shape index (κ2) is 4.97. The van der Waals surface area contributed by atoms with Gasteiger partial charge >= 0.3 is 0 Å². The number of aromatic amines is 1. The Morgan fingerprint density at radius 3 is 2.80 bits per heavy atom. The molecule has 108 valence electrons. The number of H-pyrrole nitrogens is 1. The van der Waals surface area contributed by atoms with Crippen LogP contribution < -0.4 is 0 Å². The van der Waals surface area contributed by atoms with E-state index in [4.69, 9.17) is 12.2 Å². The second-order valence-corrected chi connectivity index (χ2v) is 6.84. The topological polar surface area (TPSA) is 36.9 Å². The van der Waals surface area contributed by atoms with Crippen LogP contribution in [0.25, 0.3) is 11.2 Å². The van der Waals surface area contributed by atoms with E-state index >= 15 is 0 Å². The van der Waals surface area contributed by atoms with Gasteiger partial charge < -0.3 is 14.5 Å². The van der Waals surface area contributed by atoms with E-state index in [9.17, 15) is 0 Å². The Hall–Kier alpha value is -1.20. The fourth-order valence-electron chi connectivity index (χ4n) is 3.02. The summed E-state index contributed by atoms with van der Waals surface area (Å²) in [6.07, 6.45) is 4.29. The van der Waals surface area contributed by atoms with Crippen LogP contribution in [0.4, 0.5) is 0 Å². The van der Waals surface area contributed by atoms with Crippen molar-refractivity contribution in [3.05, 3.63) is 22.6 Å². The van der Waals surface area contributed by atoms with Gasteiger partial charge in [-0.3, -0.25) is 0 Å². The van der Waals surface area contributed by atoms with Gasteiger partial charge in [0.25, 0.3) is 0 Å². The molecule has 5 heteroatoms. The van der Waals surface area contributed by atoms with Gasteiger partial charge in [0.15, 0.2) is 10.4 Å². The maximum atomic E-state index is 5.51. The summed E-state index contributed by atoms with van der Waals surface area (Å²) in [7, 11) is 2.20. The Morgan fingerprint density at radius 1 is 1.40 bits per heavy atom. The lowest BCUT2D eigenvalue weighted by molar-refractivity contribution is 0.121. The van der Waals surface area contributed by atoms with Crippen LogP contribution in [0.5, 0.6) is 0 Å². The first-order valence-corrected chi connectivity index (χ1v) is 7.62. The van der Waals surface area contributed by atoms with Crippen LogP contribution in [0.3, 0.4) is 0 Å². The largest absolute Gasteiger partial charge is 0.329 e. The number of fused-ring (bicyclic) bond motifs is 1. The predicted octanol–water partition coefficient (Wildman–Crippen LogP) is 3.13. The molecule has 3 heterocycles. The van der Waals surface area contributed by atoms with Gasteiger partial charge in [0.2, 0.25) is 0 Å². The van der Waals surface area contributed by atoms with Crippen molar-refractivity contribution in [2.24, 2.45) is 5.41 Å². The number of piperidine rings is 1. The number of rotatable bonds is 2. The first kappa shape index (κ1) is 13.8. The molecular weight excluding hydrogens is 268 g/mol. The van der Waals surface area contributed by atoms with Crippen molar-refractivity contribution >= 4 is 23.4 Å². The number of aromatic nitrogens is 3. The van der Waals surface area contributed by atoms with Crippen LogP contribution in [0.2, 0.25) is 0 Å². The van der Waals surface area contributed by atoms with Crippen molar-refractivity contribution in [1.29, 1.82) is 0 Å². The number of nitrogens with zero attached hydrogens (tertiary/aromatic N) is 3. The van der Waals surface area contributed by atoms with E-state index < -0.39 is 0 Å². The van der Waals surface area contributed by atoms with Crippen LogP contribution in [-0.2, 0) is 6.54 Å². The van der Waals surface area contributed by atoms with Gasteiger partial charge in [0.05, 0.1) is 5.52 Å². The van der Waals surface area contributed by atoms with Crippen LogP contribution in [0.15, 0.2) is 12.3 Å². The smallest absolute Gasteiger partial charge is 0.179 e. The minimum absolute atomic E-state index is 0.311. The molecule has 0 atom stereocenters. The Bertz CT molecular complexity index is 677. The normalized spacial score (nSPS) is 19.6. The number of aryl methyl sites for hydroxylation is 1. The van der Waals surface area contributed by atoms with Crippen molar-refractivity contribution in [2.45, 2.75) is 33.2 Å². The van der Waals surface area contributed by atoms with E-state index in [2.05, 4.69) is 40.3 Å². The molecule has 20 heavy (non-hydrogen) atoms. The van der Waals surface area contributed by atoms with Gasteiger partial charge in [-0.05, 0) is 69.2 Å². The predicted molar refractivity (Wildman–Crippen MR) is 84.5 cm³/mol. The highest BCUT2D eigenvalue weighted by molar-refractivity contribution is 7.71. The summed E-state index contributed by atoms with van der Waals surface area (Å²) in [4.78, 5) is 10.2. The van der Waals surface area contributed by atoms with Crippen LogP contribution in [0.1, 0.15) is 25.3 Å². The standard InChI is InChI=1S/C15H22N4S/c1-11-4-7-16-13-12(11)17-14(20)19(13)10-15(2)5-8-18(3)9-6-15/h4,7H,5-6,8-10H2,1-3H3,(H,17,20). The third-order valence-electron chi connectivity index (χ3n) is 4.61. The molecule has 1 fully saturated rings. The van der Waals surface area contributed by atoms with E-state index in [0.29, 0.717) is 5.41 Å². The molecule has 4 nitrogen and oxygen atoms in total. The number of likely N-dealkylation sites (tertiary alicyclic amines) is 1. The molecule has 0 saturated carbocycles. The zero-order chi connectivity index (χ0) is 14.3. The molecule has 0 radical (unpaired) electrons. The minimum atomic E-state index is 0.311. The zero-order valence-corrected chi connectivity index (χ0v) is 13.3. The van der Waals surface area contributed by atoms with E-state index in [-0.39, 0.29) is 0 Å². The molecular formula is C15H22N4S. The molecule has 3 rings (SSSR count). The van der Waals surface area contributed by atoms with Crippen LogP contribution in [-0.4, -0.2) is 39.6 Å². The van der Waals surface area contributed by atoms with Gasteiger partial charge in [0, 0.05) is 12.7 Å². The summed E-state index contributed by atoms with van der Waals surface area (Å²) >= 11 is 5.51. The highest BCUT2D eigenvalue weighted by atomic mass is 32.1. The van der Waals surface area contributed by atoms with Gasteiger partial charge in [-0.25, -0.2) is 4.98 Å². The van der Waals surface area contributed by atoms with Crippen molar-refractivity contribution in [3.8, 4) is 0 Å². The highest BCUT2D eigenvalue weighted by Gasteiger charge is 2.30. The van der Waals surface area contributed by atoms with Gasteiger partial charge in [-0.2, -0.15) is 0 Å². The number of hydrogen-bond donors (Lipinski definition) is 1. The third-order valence-corrected chi connectivity index (χ3v) is 4.93. The van der Waals surface area contributed by atoms with E-state index in [1.807, 2.05) is 12.3 Å². The molecule has 2 aromatic heterocycles. The first-order valence-electron chi connectivity index (χ1n) is 7.21. The number of nitrogens with one attached hydrogen (secondary N) is 1. The highest BCUT2D eigenvalue weighted by Crippen LogP contribution is 2.33. The molecule has 0 unspecified atom stereocenters. The van der Waals surface area contributed by atoms with Gasteiger partial charge in [0.1, 0.15) is 0 Å². The van der Waals surface area contributed by atoms with E-state index in [0.717, 1.165) is 22.5 Å². The summed E-state index contributed by atoms with van der Waals surface area (Å²) in [6.45, 7) is 7.75. The summed E-state index contributed by atoms with van der Waals surface area (Å²) in [6, 6.07) is 2.02. The number of pyridine rings is 1. The maximum Gasteiger partial charge on any atom is 0.179 e. The quantitative estimate of drug-likeness (QED) is 0.863. The third kappa shape index (κ3) is 2.40. The Balaban J connectivity index is 1.97. The lowest BCUT2D eigenvalue weighted by atomic mass is 9.80. The van der Waals surface area contributed by atoms with Crippen molar-refractivity contribution in [3.63, 3.8) is 0 Å². The lowest BCUT2D eigenvalue weighted by Gasteiger charge is -2.38. The fourth-order valence-corrected chi connectivity index (χ4v) is 3.27. The Morgan fingerprint density at radius 2 is 2.10 bits per heavy atom. The molecule has 2 aromatic rings. The second-order valence-electron chi connectivity index (χ2n) is 6.46. The maximum absolute atomic E-state index is 5.51. The summed E-state index contributed by atoms with van der Waals surface area (Å²) in [5, 5.41) is 0. The first-order chi connectivity index (χ1) is 9.48. The number of imidazole rings is 1. The molecule has 0 bridgehead atoms. The molecule has 1 N–H and O–H groups in total. The Kier molecular flexibility index (Phi) is 3.42. The minimum Gasteiger partial charge on any atom is -0.329 e. The average Bonchev–Trinajstić information content (AvgIpc) is 2.72. The zero-order valence-electron chi connectivity index (χ0n) is 12.4. The van der Waals surface area contributed by atoms with Gasteiger partial charge in [-0.15, -0.1) is 0 Å². The SMILES string of the molecule is Cc1ccnc2c1[nH]c(=S)n2CC1(C)CCN(C)CC1. The summed E-state index contributed by atoms with van der Waals surface area (Å²) in [5.74, 6) is 0. The molecule has 1 aliphatic heterocycles. The monoisotopic (exact) mass is 290 g/mol. The molecule has 0 amide bonds. The van der Waals surface area contributed by atoms with Crippen molar-refractivity contribution in [2.75, 3.05) is 20.1 Å².